The van der Waals surface area contributed by atoms with Gasteiger partial charge in [0.1, 0.15) is 11.5 Å². The molecule has 0 aliphatic carbocycles. The summed E-state index contributed by atoms with van der Waals surface area (Å²) in [5, 5.41) is 13.1. The van der Waals surface area contributed by atoms with Gasteiger partial charge in [-0.05, 0) is 35.9 Å². The fourth-order valence-corrected chi connectivity index (χ4v) is 3.16. The van der Waals surface area contributed by atoms with Crippen molar-refractivity contribution < 1.29 is 9.21 Å². The van der Waals surface area contributed by atoms with Gasteiger partial charge in [0.15, 0.2) is 5.76 Å². The molecule has 140 valence electrons. The van der Waals surface area contributed by atoms with Gasteiger partial charge in [-0.1, -0.05) is 0 Å². The molecule has 1 amide bonds. The zero-order valence-electron chi connectivity index (χ0n) is 14.9. The number of furan rings is 1. The third-order valence-corrected chi connectivity index (χ3v) is 4.60. The van der Waals surface area contributed by atoms with E-state index < -0.39 is 0 Å². The highest BCUT2D eigenvalue weighted by Crippen LogP contribution is 2.20. The molecule has 1 aliphatic rings. The summed E-state index contributed by atoms with van der Waals surface area (Å²) < 4.78 is 5.89. The average Bonchev–Trinajstić information content (AvgIpc) is 3.39. The quantitative estimate of drug-likeness (QED) is 0.605. The summed E-state index contributed by atoms with van der Waals surface area (Å²) in [7, 11) is 0. The van der Waals surface area contributed by atoms with Gasteiger partial charge in [0.25, 0.3) is 0 Å². The van der Waals surface area contributed by atoms with E-state index in [4.69, 9.17) is 4.42 Å². The molecule has 1 fully saturated rings. The first-order valence-corrected chi connectivity index (χ1v) is 8.99. The highest BCUT2D eigenvalue weighted by Gasteiger charge is 2.25. The van der Waals surface area contributed by atoms with Gasteiger partial charge in [-0.15, -0.1) is 0 Å². The highest BCUT2D eigenvalue weighted by molar-refractivity contribution is 5.82. The van der Waals surface area contributed by atoms with Crippen molar-refractivity contribution in [1.29, 1.82) is 0 Å². The van der Waals surface area contributed by atoms with Crippen molar-refractivity contribution in [3.05, 3.63) is 60.2 Å². The number of rotatable bonds is 6. The molecule has 27 heavy (non-hydrogen) atoms. The summed E-state index contributed by atoms with van der Waals surface area (Å²) in [5.41, 5.74) is 1.89. The van der Waals surface area contributed by atoms with Crippen molar-refractivity contribution in [1.82, 2.24) is 30.7 Å². The predicted octanol–water partition coefficient (Wildman–Crippen LogP) is 1.15. The topological polar surface area (TPSA) is 99.1 Å². The first-order chi connectivity index (χ1) is 13.3. The van der Waals surface area contributed by atoms with Gasteiger partial charge in [0, 0.05) is 44.8 Å². The van der Waals surface area contributed by atoms with E-state index in [1.807, 2.05) is 30.3 Å². The van der Waals surface area contributed by atoms with E-state index in [1.54, 1.807) is 18.6 Å². The van der Waals surface area contributed by atoms with E-state index >= 15 is 0 Å². The average molecular weight is 366 g/mol. The minimum atomic E-state index is -0.234. The van der Waals surface area contributed by atoms with Gasteiger partial charge >= 0.3 is 0 Å². The minimum Gasteiger partial charge on any atom is -0.458 e. The predicted molar refractivity (Wildman–Crippen MR) is 99.4 cm³/mol. The molecule has 0 bridgehead atoms. The fourth-order valence-electron chi connectivity index (χ4n) is 3.16. The summed E-state index contributed by atoms with van der Waals surface area (Å²) in [4.78, 5) is 18.7. The number of amides is 1. The lowest BCUT2D eigenvalue weighted by atomic mass is 10.2. The van der Waals surface area contributed by atoms with Crippen molar-refractivity contribution in [3.8, 4) is 11.5 Å². The summed E-state index contributed by atoms with van der Waals surface area (Å²) in [6.45, 7) is 3.45. The van der Waals surface area contributed by atoms with Crippen LogP contribution in [0, 0.1) is 0 Å². The number of nitrogens with zero attached hydrogens (tertiary/aromatic N) is 3. The van der Waals surface area contributed by atoms with Crippen molar-refractivity contribution in [2.75, 3.05) is 19.6 Å². The largest absolute Gasteiger partial charge is 0.458 e. The van der Waals surface area contributed by atoms with Crippen LogP contribution in [0.5, 0.6) is 0 Å². The Balaban J connectivity index is 1.31. The molecule has 3 aromatic heterocycles. The van der Waals surface area contributed by atoms with Gasteiger partial charge in [-0.25, -0.2) is 0 Å². The van der Waals surface area contributed by atoms with Gasteiger partial charge in [0.05, 0.1) is 12.6 Å². The van der Waals surface area contributed by atoms with Crippen molar-refractivity contribution >= 4 is 5.91 Å². The van der Waals surface area contributed by atoms with Crippen LogP contribution in [-0.4, -0.2) is 51.7 Å². The molecule has 0 saturated carbocycles. The van der Waals surface area contributed by atoms with Crippen LogP contribution in [0.1, 0.15) is 11.3 Å². The first-order valence-electron chi connectivity index (χ1n) is 8.99. The van der Waals surface area contributed by atoms with Crippen LogP contribution < -0.4 is 10.6 Å². The molecule has 1 saturated heterocycles. The standard InChI is InChI=1S/C19H22N6O2/c26-19(22-11-14-3-6-20-7-4-14)17-13-25(10-9-21-17)12-15-1-2-18(27-15)16-5-8-23-24-16/h1-8,17,21H,9-13H2,(H,22,26)(H,23,24). The third-order valence-electron chi connectivity index (χ3n) is 4.60. The summed E-state index contributed by atoms with van der Waals surface area (Å²) >= 11 is 0. The summed E-state index contributed by atoms with van der Waals surface area (Å²) in [6.07, 6.45) is 5.15. The SMILES string of the molecule is O=C(NCc1ccncc1)C1CN(Cc2ccc(-c3ccn[nH]3)o2)CCN1. The second-order valence-corrected chi connectivity index (χ2v) is 6.55. The van der Waals surface area contributed by atoms with Crippen LogP contribution in [0.4, 0.5) is 0 Å². The Morgan fingerprint density at radius 2 is 2.11 bits per heavy atom. The van der Waals surface area contributed by atoms with Crippen molar-refractivity contribution in [2.24, 2.45) is 0 Å². The van der Waals surface area contributed by atoms with E-state index in [1.165, 1.54) is 0 Å². The molecule has 1 unspecified atom stereocenters. The van der Waals surface area contributed by atoms with Crippen LogP contribution in [-0.2, 0) is 17.9 Å². The Morgan fingerprint density at radius 3 is 2.93 bits per heavy atom. The summed E-state index contributed by atoms with van der Waals surface area (Å²) in [5.74, 6) is 1.65. The number of hydrogen-bond acceptors (Lipinski definition) is 6. The molecule has 1 atom stereocenters. The number of carbonyl (C=O) groups excluding carboxylic acids is 1. The van der Waals surface area contributed by atoms with E-state index in [0.717, 1.165) is 35.9 Å². The molecule has 4 rings (SSSR count). The zero-order chi connectivity index (χ0) is 18.5. The maximum Gasteiger partial charge on any atom is 0.238 e. The van der Waals surface area contributed by atoms with Gasteiger partial charge in [-0.3, -0.25) is 19.8 Å². The molecule has 8 heteroatoms. The summed E-state index contributed by atoms with van der Waals surface area (Å²) in [6, 6.07) is 9.34. The number of pyridine rings is 1. The van der Waals surface area contributed by atoms with Crippen LogP contribution in [0.25, 0.3) is 11.5 Å². The Hall–Kier alpha value is -2.97. The number of carbonyl (C=O) groups is 1. The second-order valence-electron chi connectivity index (χ2n) is 6.55. The lowest BCUT2D eigenvalue weighted by Crippen LogP contribution is -2.56. The zero-order valence-corrected chi connectivity index (χ0v) is 14.9. The number of aromatic amines is 1. The fraction of sp³-hybridized carbons (Fsp3) is 0.316. The Bertz CT molecular complexity index is 861. The normalized spacial score (nSPS) is 17.7. The van der Waals surface area contributed by atoms with Crippen molar-refractivity contribution in [2.45, 2.75) is 19.1 Å². The van der Waals surface area contributed by atoms with Crippen LogP contribution >= 0.6 is 0 Å². The van der Waals surface area contributed by atoms with E-state index in [2.05, 4.69) is 30.7 Å². The molecule has 1 aliphatic heterocycles. The maximum atomic E-state index is 12.5. The van der Waals surface area contributed by atoms with Gasteiger partial charge in [0.2, 0.25) is 5.91 Å². The van der Waals surface area contributed by atoms with Crippen LogP contribution in [0.15, 0.2) is 53.3 Å². The van der Waals surface area contributed by atoms with Gasteiger partial charge < -0.3 is 15.1 Å². The van der Waals surface area contributed by atoms with E-state index in [-0.39, 0.29) is 11.9 Å². The third kappa shape index (κ3) is 4.42. The number of H-pyrrole nitrogens is 1. The van der Waals surface area contributed by atoms with E-state index in [9.17, 15) is 4.79 Å². The lowest BCUT2D eigenvalue weighted by molar-refractivity contribution is -0.124. The lowest BCUT2D eigenvalue weighted by Gasteiger charge is -2.32. The van der Waals surface area contributed by atoms with Crippen molar-refractivity contribution in [3.63, 3.8) is 0 Å². The number of aromatic nitrogens is 3. The monoisotopic (exact) mass is 366 g/mol. The Morgan fingerprint density at radius 1 is 1.22 bits per heavy atom. The molecule has 4 heterocycles. The second kappa shape index (κ2) is 8.15. The Labute approximate surface area is 157 Å². The van der Waals surface area contributed by atoms with E-state index in [0.29, 0.717) is 19.6 Å². The van der Waals surface area contributed by atoms with Crippen LogP contribution in [0.2, 0.25) is 0 Å². The maximum absolute atomic E-state index is 12.5. The molecule has 3 aromatic rings. The molecular formula is C19H22N6O2. The molecule has 8 nitrogen and oxygen atoms in total. The smallest absolute Gasteiger partial charge is 0.238 e. The van der Waals surface area contributed by atoms with Crippen LogP contribution in [0.3, 0.4) is 0 Å². The Kier molecular flexibility index (Phi) is 5.27. The number of hydrogen-bond donors (Lipinski definition) is 3. The van der Waals surface area contributed by atoms with Gasteiger partial charge in [-0.2, -0.15) is 5.10 Å². The molecule has 3 N–H and O–H groups in total. The molecule has 0 radical (unpaired) electrons. The minimum absolute atomic E-state index is 0.00843. The number of nitrogens with one attached hydrogen (secondary N) is 3. The molecule has 0 spiro atoms. The number of piperazine rings is 1. The molecular weight excluding hydrogens is 344 g/mol. The highest BCUT2D eigenvalue weighted by atomic mass is 16.3. The molecule has 0 aromatic carbocycles. The first kappa shape index (κ1) is 17.4.